The molecule has 1 aromatic heterocycles. The maximum atomic E-state index is 13.8. The Balaban J connectivity index is 1.71. The number of carbonyl (C=O) groups excluding carboxylic acids is 1. The Hall–Kier alpha value is -3.35. The van der Waals surface area contributed by atoms with Crippen LogP contribution < -0.4 is 10.6 Å². The third-order valence-electron chi connectivity index (χ3n) is 3.84. The summed E-state index contributed by atoms with van der Waals surface area (Å²) in [6.07, 6.45) is 1.36. The smallest absolute Gasteiger partial charge is 0.270 e. The molecule has 1 amide bonds. The fraction of sp³-hybridized carbons (Fsp3) is 0.100. The lowest BCUT2D eigenvalue weighted by Crippen LogP contribution is -2.23. The van der Waals surface area contributed by atoms with Crippen LogP contribution in [-0.4, -0.2) is 10.9 Å². The van der Waals surface area contributed by atoms with Crippen molar-refractivity contribution in [2.45, 2.75) is 13.5 Å². The van der Waals surface area contributed by atoms with Crippen molar-refractivity contribution in [1.29, 1.82) is 0 Å². The predicted molar refractivity (Wildman–Crippen MR) is 96.2 cm³/mol. The molecule has 1 heterocycles. The van der Waals surface area contributed by atoms with Crippen LogP contribution in [0.2, 0.25) is 0 Å². The van der Waals surface area contributed by atoms with Gasteiger partial charge in [-0.15, -0.1) is 0 Å². The number of pyridine rings is 1. The minimum Gasteiger partial charge on any atom is -0.353 e. The minimum absolute atomic E-state index is 0.107. The normalized spacial score (nSPS) is 10.5. The van der Waals surface area contributed by atoms with E-state index >= 15 is 0 Å². The minimum atomic E-state index is -1.56. The molecule has 0 saturated heterocycles. The number of anilines is 2. The second kappa shape index (κ2) is 7.90. The van der Waals surface area contributed by atoms with Crippen LogP contribution in [0, 0.1) is 24.4 Å². The summed E-state index contributed by atoms with van der Waals surface area (Å²) in [5.74, 6) is -4.59. The van der Waals surface area contributed by atoms with Crippen LogP contribution in [0.25, 0.3) is 0 Å². The third kappa shape index (κ3) is 4.44. The largest absolute Gasteiger partial charge is 0.353 e. The van der Waals surface area contributed by atoms with Crippen LogP contribution in [0.15, 0.2) is 54.7 Å². The van der Waals surface area contributed by atoms with E-state index in [-0.39, 0.29) is 11.4 Å². The molecule has 3 aromatic rings. The summed E-state index contributed by atoms with van der Waals surface area (Å²) in [7, 11) is 0. The van der Waals surface area contributed by atoms with Crippen molar-refractivity contribution in [3.05, 3.63) is 89.0 Å². The zero-order valence-electron chi connectivity index (χ0n) is 14.4. The number of nitrogens with one attached hydrogen (secondary N) is 2. The highest BCUT2D eigenvalue weighted by Gasteiger charge is 2.14. The van der Waals surface area contributed by atoms with Gasteiger partial charge in [0.1, 0.15) is 5.69 Å². The number of hydrogen-bond acceptors (Lipinski definition) is 3. The highest BCUT2D eigenvalue weighted by Crippen LogP contribution is 2.23. The Morgan fingerprint density at radius 2 is 1.85 bits per heavy atom. The van der Waals surface area contributed by atoms with Gasteiger partial charge < -0.3 is 10.6 Å². The number of rotatable bonds is 5. The lowest BCUT2D eigenvalue weighted by atomic mass is 10.1. The number of amides is 1. The van der Waals surface area contributed by atoms with Gasteiger partial charge in [-0.3, -0.25) is 9.78 Å². The summed E-state index contributed by atoms with van der Waals surface area (Å²) in [5.41, 5.74) is 2.21. The Kier molecular flexibility index (Phi) is 5.40. The maximum Gasteiger partial charge on any atom is 0.270 e. The van der Waals surface area contributed by atoms with Gasteiger partial charge in [-0.05, 0) is 36.8 Å². The second-order valence-corrected chi connectivity index (χ2v) is 5.95. The molecule has 0 aliphatic rings. The summed E-state index contributed by atoms with van der Waals surface area (Å²) >= 11 is 0. The van der Waals surface area contributed by atoms with Crippen molar-refractivity contribution in [2.75, 3.05) is 5.32 Å². The van der Waals surface area contributed by atoms with Crippen molar-refractivity contribution < 1.29 is 18.0 Å². The Labute approximate surface area is 154 Å². The zero-order chi connectivity index (χ0) is 19.4. The van der Waals surface area contributed by atoms with E-state index in [1.165, 1.54) is 18.3 Å². The molecule has 138 valence electrons. The van der Waals surface area contributed by atoms with Gasteiger partial charge in [0.25, 0.3) is 5.91 Å². The predicted octanol–water partition coefficient (Wildman–Crippen LogP) is 4.48. The maximum absolute atomic E-state index is 13.8. The summed E-state index contributed by atoms with van der Waals surface area (Å²) in [6, 6.07) is 12.5. The first kappa shape index (κ1) is 18.4. The summed E-state index contributed by atoms with van der Waals surface area (Å²) in [6.45, 7) is 2.29. The Morgan fingerprint density at radius 3 is 2.63 bits per heavy atom. The van der Waals surface area contributed by atoms with Crippen molar-refractivity contribution in [1.82, 2.24) is 10.3 Å². The molecule has 0 saturated carbocycles. The number of carbonyl (C=O) groups is 1. The van der Waals surface area contributed by atoms with Crippen LogP contribution in [-0.2, 0) is 6.54 Å². The van der Waals surface area contributed by atoms with E-state index in [0.717, 1.165) is 23.3 Å². The molecular weight excluding hydrogens is 355 g/mol. The number of aromatic nitrogens is 1. The van der Waals surface area contributed by atoms with Crippen molar-refractivity contribution in [3.8, 4) is 0 Å². The zero-order valence-corrected chi connectivity index (χ0v) is 14.4. The fourth-order valence-corrected chi connectivity index (χ4v) is 2.51. The van der Waals surface area contributed by atoms with Crippen LogP contribution in [0.4, 0.5) is 24.5 Å². The van der Waals surface area contributed by atoms with E-state index in [2.05, 4.69) is 15.6 Å². The van der Waals surface area contributed by atoms with Gasteiger partial charge in [0, 0.05) is 18.4 Å². The van der Waals surface area contributed by atoms with E-state index in [1.807, 2.05) is 31.2 Å². The average Bonchev–Trinajstić information content (AvgIpc) is 2.67. The first-order valence-corrected chi connectivity index (χ1v) is 8.14. The van der Waals surface area contributed by atoms with E-state index in [0.29, 0.717) is 12.2 Å². The van der Waals surface area contributed by atoms with E-state index in [9.17, 15) is 18.0 Å². The van der Waals surface area contributed by atoms with Gasteiger partial charge in [-0.25, -0.2) is 13.2 Å². The van der Waals surface area contributed by atoms with Gasteiger partial charge in [0.15, 0.2) is 17.5 Å². The average molecular weight is 371 g/mol. The molecule has 0 aliphatic carbocycles. The number of benzene rings is 2. The molecule has 0 fully saturated rings. The lowest BCUT2D eigenvalue weighted by Gasteiger charge is -2.10. The number of aryl methyl sites for hydroxylation is 1. The molecule has 3 rings (SSSR count). The van der Waals surface area contributed by atoms with E-state index < -0.39 is 23.4 Å². The first-order chi connectivity index (χ1) is 12.9. The first-order valence-electron chi connectivity index (χ1n) is 8.14. The highest BCUT2D eigenvalue weighted by molar-refractivity contribution is 5.93. The van der Waals surface area contributed by atoms with Crippen molar-refractivity contribution in [3.63, 3.8) is 0 Å². The molecule has 0 radical (unpaired) electrons. The van der Waals surface area contributed by atoms with Crippen molar-refractivity contribution in [2.24, 2.45) is 0 Å². The molecule has 2 aromatic carbocycles. The van der Waals surface area contributed by atoms with E-state index in [1.54, 1.807) is 0 Å². The lowest BCUT2D eigenvalue weighted by molar-refractivity contribution is 0.0946. The second-order valence-electron chi connectivity index (χ2n) is 5.95. The third-order valence-corrected chi connectivity index (χ3v) is 3.84. The summed E-state index contributed by atoms with van der Waals surface area (Å²) in [5, 5.41) is 5.36. The molecule has 27 heavy (non-hydrogen) atoms. The standard InChI is InChI=1S/C20H16F3N3O/c1-12-3-2-4-13(9-12)11-25-20(27)17-10-14(7-8-24-17)26-16-6-5-15(21)18(22)19(16)23/h2-10H,11H2,1H3,(H,24,26)(H,25,27). The molecule has 0 atom stereocenters. The van der Waals surface area contributed by atoms with Crippen molar-refractivity contribution >= 4 is 17.3 Å². The van der Waals surface area contributed by atoms with E-state index in [4.69, 9.17) is 0 Å². The SMILES string of the molecule is Cc1cccc(CNC(=O)c2cc(Nc3ccc(F)c(F)c3F)ccn2)c1. The highest BCUT2D eigenvalue weighted by atomic mass is 19.2. The van der Waals surface area contributed by atoms with Crippen LogP contribution in [0.3, 0.4) is 0 Å². The molecule has 4 nitrogen and oxygen atoms in total. The molecule has 0 unspecified atom stereocenters. The quantitative estimate of drug-likeness (QED) is 0.650. The van der Waals surface area contributed by atoms with Gasteiger partial charge in [-0.1, -0.05) is 29.8 Å². The summed E-state index contributed by atoms with van der Waals surface area (Å²) < 4.78 is 40.1. The molecule has 0 spiro atoms. The summed E-state index contributed by atoms with van der Waals surface area (Å²) in [4.78, 5) is 16.3. The van der Waals surface area contributed by atoms with Gasteiger partial charge >= 0.3 is 0 Å². The van der Waals surface area contributed by atoms with Gasteiger partial charge in [0.05, 0.1) is 5.69 Å². The Bertz CT molecular complexity index is 992. The molecular formula is C20H16F3N3O. The number of hydrogen-bond donors (Lipinski definition) is 2. The number of halogens is 3. The number of nitrogens with zero attached hydrogens (tertiary/aromatic N) is 1. The topological polar surface area (TPSA) is 54.0 Å². The van der Waals surface area contributed by atoms with Crippen LogP contribution in [0.1, 0.15) is 21.6 Å². The molecule has 2 N–H and O–H groups in total. The van der Waals surface area contributed by atoms with Gasteiger partial charge in [0.2, 0.25) is 0 Å². The Morgan fingerprint density at radius 1 is 1.04 bits per heavy atom. The van der Waals surface area contributed by atoms with Gasteiger partial charge in [-0.2, -0.15) is 0 Å². The molecule has 0 bridgehead atoms. The monoisotopic (exact) mass is 371 g/mol. The molecule has 0 aliphatic heterocycles. The molecule has 7 heteroatoms. The van der Waals surface area contributed by atoms with Crippen LogP contribution in [0.5, 0.6) is 0 Å². The fourth-order valence-electron chi connectivity index (χ4n) is 2.51. The van der Waals surface area contributed by atoms with Crippen LogP contribution >= 0.6 is 0 Å².